The lowest BCUT2D eigenvalue weighted by molar-refractivity contribution is 0.566. The van der Waals surface area contributed by atoms with Crippen molar-refractivity contribution in [1.82, 2.24) is 0 Å². The van der Waals surface area contributed by atoms with Gasteiger partial charge in [0.1, 0.15) is 5.76 Å². The fraction of sp³-hybridized carbons (Fsp3) is 0.0909. The number of benzene rings is 7. The van der Waals surface area contributed by atoms with Crippen molar-refractivity contribution in [2.75, 3.05) is 4.90 Å². The average Bonchev–Trinajstić information content (AvgIpc) is 3.78. The SMILES string of the molecule is C=C/C=C\C1=C(C)C2=C(C[C@@H](C)c3c2oc2c(N(c4ccc(-c5ccccc5)cc4)c4ccc5ccccc5c4)cccc32)C1(c1ccccc1)c1ccccc1. The van der Waals surface area contributed by atoms with Gasteiger partial charge in [-0.05, 0) is 99.3 Å². The summed E-state index contributed by atoms with van der Waals surface area (Å²) in [5.74, 6) is 1.21. The molecule has 1 atom stereocenters. The van der Waals surface area contributed by atoms with Crippen LogP contribution in [0.4, 0.5) is 17.1 Å². The van der Waals surface area contributed by atoms with Gasteiger partial charge in [0, 0.05) is 27.9 Å². The quantitative estimate of drug-likeness (QED) is 0.145. The van der Waals surface area contributed by atoms with Gasteiger partial charge >= 0.3 is 0 Å². The van der Waals surface area contributed by atoms with Gasteiger partial charge in [-0.3, -0.25) is 0 Å². The lowest BCUT2D eigenvalue weighted by Gasteiger charge is -2.38. The van der Waals surface area contributed by atoms with Gasteiger partial charge in [0.15, 0.2) is 5.58 Å². The average molecular weight is 734 g/mol. The Morgan fingerprint density at radius 2 is 1.26 bits per heavy atom. The van der Waals surface area contributed by atoms with Crippen LogP contribution in [0, 0.1) is 0 Å². The molecule has 0 unspecified atom stereocenters. The largest absolute Gasteiger partial charge is 0.454 e. The summed E-state index contributed by atoms with van der Waals surface area (Å²) >= 11 is 0. The molecule has 57 heavy (non-hydrogen) atoms. The van der Waals surface area contributed by atoms with E-state index in [1.165, 1.54) is 66.3 Å². The molecule has 0 bridgehead atoms. The van der Waals surface area contributed by atoms with Crippen LogP contribution in [0.25, 0.3) is 38.4 Å². The molecule has 8 aromatic rings. The summed E-state index contributed by atoms with van der Waals surface area (Å²) in [4.78, 5) is 2.37. The number of para-hydroxylation sites is 1. The molecule has 2 aliphatic carbocycles. The predicted molar refractivity (Wildman–Crippen MR) is 239 cm³/mol. The van der Waals surface area contributed by atoms with Gasteiger partial charge in [0.05, 0.1) is 11.1 Å². The zero-order chi connectivity index (χ0) is 38.5. The summed E-state index contributed by atoms with van der Waals surface area (Å²) in [6, 6.07) is 63.5. The number of furan rings is 1. The van der Waals surface area contributed by atoms with E-state index in [0.717, 1.165) is 34.8 Å². The zero-order valence-electron chi connectivity index (χ0n) is 32.3. The number of fused-ring (bicyclic) bond motifs is 5. The Kier molecular flexibility index (Phi) is 8.49. The van der Waals surface area contributed by atoms with Crippen molar-refractivity contribution in [3.63, 3.8) is 0 Å². The molecule has 0 saturated carbocycles. The van der Waals surface area contributed by atoms with Crippen LogP contribution in [-0.2, 0) is 5.41 Å². The molecule has 274 valence electrons. The van der Waals surface area contributed by atoms with Crippen LogP contribution >= 0.6 is 0 Å². The Bertz CT molecular complexity index is 2850. The van der Waals surface area contributed by atoms with E-state index in [-0.39, 0.29) is 5.92 Å². The van der Waals surface area contributed by atoms with Crippen molar-refractivity contribution in [2.24, 2.45) is 0 Å². The first-order valence-electron chi connectivity index (χ1n) is 19.9. The van der Waals surface area contributed by atoms with Crippen molar-refractivity contribution in [3.8, 4) is 11.1 Å². The Morgan fingerprint density at radius 3 is 1.95 bits per heavy atom. The summed E-state index contributed by atoms with van der Waals surface area (Å²) in [6.45, 7) is 8.74. The molecule has 0 amide bonds. The maximum Gasteiger partial charge on any atom is 0.159 e. The van der Waals surface area contributed by atoms with Crippen LogP contribution < -0.4 is 4.90 Å². The molecule has 0 N–H and O–H groups in total. The predicted octanol–water partition coefficient (Wildman–Crippen LogP) is 15.0. The van der Waals surface area contributed by atoms with Crippen molar-refractivity contribution in [1.29, 1.82) is 0 Å². The number of anilines is 3. The Labute approximate surface area is 335 Å². The van der Waals surface area contributed by atoms with Gasteiger partial charge in [-0.2, -0.15) is 0 Å². The van der Waals surface area contributed by atoms with Crippen LogP contribution in [0.3, 0.4) is 0 Å². The van der Waals surface area contributed by atoms with Gasteiger partial charge in [-0.25, -0.2) is 0 Å². The second-order valence-electron chi connectivity index (χ2n) is 15.4. The summed E-state index contributed by atoms with van der Waals surface area (Å²) in [5.41, 5.74) is 14.9. The Morgan fingerprint density at radius 1 is 0.649 bits per heavy atom. The molecule has 7 aromatic carbocycles. The minimum Gasteiger partial charge on any atom is -0.454 e. The van der Waals surface area contributed by atoms with E-state index in [0.29, 0.717) is 0 Å². The summed E-state index contributed by atoms with van der Waals surface area (Å²) in [7, 11) is 0. The third-order valence-electron chi connectivity index (χ3n) is 12.2. The van der Waals surface area contributed by atoms with E-state index in [4.69, 9.17) is 4.42 Å². The lowest BCUT2D eigenvalue weighted by Crippen LogP contribution is -2.32. The van der Waals surface area contributed by atoms with Crippen LogP contribution in [0.2, 0.25) is 0 Å². The highest BCUT2D eigenvalue weighted by molar-refractivity contribution is 6.03. The van der Waals surface area contributed by atoms with E-state index >= 15 is 0 Å². The molecule has 2 nitrogen and oxygen atoms in total. The van der Waals surface area contributed by atoms with Crippen molar-refractivity contribution < 1.29 is 4.42 Å². The van der Waals surface area contributed by atoms with Gasteiger partial charge in [0.25, 0.3) is 0 Å². The highest BCUT2D eigenvalue weighted by Gasteiger charge is 2.51. The molecular formula is C55H43NO. The summed E-state index contributed by atoms with van der Waals surface area (Å²) < 4.78 is 7.42. The third-order valence-corrected chi connectivity index (χ3v) is 12.2. The Hall–Kier alpha value is -6.90. The zero-order valence-corrected chi connectivity index (χ0v) is 32.3. The number of rotatable bonds is 8. The van der Waals surface area contributed by atoms with Gasteiger partial charge in [-0.1, -0.05) is 177 Å². The minimum atomic E-state index is -0.479. The number of nitrogens with zero attached hydrogens (tertiary/aromatic N) is 1. The molecule has 0 aliphatic heterocycles. The monoisotopic (exact) mass is 733 g/mol. The van der Waals surface area contributed by atoms with Gasteiger partial charge in [-0.15, -0.1) is 0 Å². The maximum absolute atomic E-state index is 7.42. The van der Waals surface area contributed by atoms with Gasteiger partial charge < -0.3 is 9.32 Å². The van der Waals surface area contributed by atoms with Crippen LogP contribution in [0.5, 0.6) is 0 Å². The molecule has 1 heterocycles. The fourth-order valence-corrected chi connectivity index (χ4v) is 9.73. The molecular weight excluding hydrogens is 691 g/mol. The minimum absolute atomic E-state index is 0.219. The van der Waals surface area contributed by atoms with E-state index in [1.807, 2.05) is 6.08 Å². The van der Waals surface area contributed by atoms with E-state index in [2.05, 4.69) is 213 Å². The molecule has 1 aromatic heterocycles. The topological polar surface area (TPSA) is 16.4 Å². The molecule has 2 aliphatic rings. The molecule has 0 spiro atoms. The lowest BCUT2D eigenvalue weighted by atomic mass is 9.63. The molecule has 0 saturated heterocycles. The number of hydrogen-bond acceptors (Lipinski definition) is 2. The first kappa shape index (κ1) is 34.6. The summed E-state index contributed by atoms with van der Waals surface area (Å²) in [6.07, 6.45) is 7.15. The number of hydrogen-bond donors (Lipinski definition) is 0. The highest BCUT2D eigenvalue weighted by atomic mass is 16.3. The van der Waals surface area contributed by atoms with Crippen LogP contribution in [-0.4, -0.2) is 0 Å². The second-order valence-corrected chi connectivity index (χ2v) is 15.4. The van der Waals surface area contributed by atoms with E-state index in [1.54, 1.807) is 0 Å². The standard InChI is InChI=1S/C55H43NO/c1-4-5-27-48-38(3)52-49(55(48,43-22-11-7-12-23-43)44-24-13-8-14-25-44)35-37(2)51-47-26-17-28-50(53(47)57-54(51)52)56(46-34-31-40-20-15-16-21-42(40)36-46)45-32-29-41(30-33-45)39-18-9-6-10-19-39/h4-34,36-37H,1,35H2,2-3H3/b27-5-/t37-/m1/s1. The first-order chi connectivity index (χ1) is 28.1. The van der Waals surface area contributed by atoms with Crippen molar-refractivity contribution in [3.05, 3.63) is 240 Å². The summed E-state index contributed by atoms with van der Waals surface area (Å²) in [5, 5.41) is 3.58. The first-order valence-corrected chi connectivity index (χ1v) is 19.9. The number of allylic oxidation sites excluding steroid dienone is 7. The van der Waals surface area contributed by atoms with Crippen LogP contribution in [0.15, 0.2) is 222 Å². The van der Waals surface area contributed by atoms with E-state index in [9.17, 15) is 0 Å². The smallest absolute Gasteiger partial charge is 0.159 e. The second kappa shape index (κ2) is 14.0. The fourth-order valence-electron chi connectivity index (χ4n) is 9.73. The van der Waals surface area contributed by atoms with Crippen molar-refractivity contribution >= 4 is 44.4 Å². The molecule has 10 rings (SSSR count). The normalized spacial score (nSPS) is 16.0. The van der Waals surface area contributed by atoms with E-state index < -0.39 is 5.41 Å². The highest BCUT2D eigenvalue weighted by Crippen LogP contribution is 2.62. The maximum atomic E-state index is 7.42. The molecule has 0 radical (unpaired) electrons. The third kappa shape index (κ3) is 5.47. The van der Waals surface area contributed by atoms with Crippen molar-refractivity contribution in [2.45, 2.75) is 31.6 Å². The molecule has 2 heteroatoms. The molecule has 0 fully saturated rings. The Balaban J connectivity index is 1.22. The van der Waals surface area contributed by atoms with Crippen LogP contribution in [0.1, 0.15) is 48.6 Å². The van der Waals surface area contributed by atoms with Gasteiger partial charge in [0.2, 0.25) is 0 Å².